The van der Waals surface area contributed by atoms with Crippen molar-refractivity contribution in [2.45, 2.75) is 0 Å². The zero-order valence-corrected chi connectivity index (χ0v) is 14.6. The summed E-state index contributed by atoms with van der Waals surface area (Å²) in [4.78, 5) is 15.9. The Morgan fingerprint density at radius 2 is 1.76 bits per heavy atom. The van der Waals surface area contributed by atoms with Gasteiger partial charge in [0.25, 0.3) is 0 Å². The molecule has 0 unspecified atom stereocenters. The van der Waals surface area contributed by atoms with Gasteiger partial charge in [-0.25, -0.2) is 13.9 Å². The average Bonchev–Trinajstić information content (AvgIpc) is 2.72. The van der Waals surface area contributed by atoms with Crippen molar-refractivity contribution in [1.82, 2.24) is 15.2 Å². The molecular formula is C19H11F2N7O. The van der Waals surface area contributed by atoms with Crippen LogP contribution in [0.2, 0.25) is 0 Å². The van der Waals surface area contributed by atoms with Crippen molar-refractivity contribution >= 4 is 29.2 Å². The summed E-state index contributed by atoms with van der Waals surface area (Å²) in [6.07, 6.45) is 2.35. The summed E-state index contributed by atoms with van der Waals surface area (Å²) >= 11 is 0. The van der Waals surface area contributed by atoms with E-state index in [1.807, 2.05) is 6.07 Å². The number of halogens is 2. The fourth-order valence-corrected chi connectivity index (χ4v) is 2.30. The van der Waals surface area contributed by atoms with Crippen LogP contribution in [0.15, 0.2) is 47.3 Å². The van der Waals surface area contributed by atoms with Crippen LogP contribution < -0.4 is 16.2 Å². The molecule has 0 radical (unpaired) electrons. The fourth-order valence-electron chi connectivity index (χ4n) is 2.30. The summed E-state index contributed by atoms with van der Waals surface area (Å²) < 4.78 is 28.5. The number of nitrogens with one attached hydrogen (secondary N) is 3. The predicted octanol–water partition coefficient (Wildman–Crippen LogP) is 3.34. The summed E-state index contributed by atoms with van der Waals surface area (Å²) in [7, 11) is 0. The summed E-state index contributed by atoms with van der Waals surface area (Å²) in [5, 5.41) is 28.2. The first-order chi connectivity index (χ1) is 14.0. The minimum Gasteiger partial charge on any atom is -0.335 e. The Bertz CT molecular complexity index is 1200. The maximum absolute atomic E-state index is 14.2. The second-order valence-electron chi connectivity index (χ2n) is 5.60. The molecule has 1 aromatic heterocycles. The lowest BCUT2D eigenvalue weighted by atomic mass is 10.1. The minimum atomic E-state index is -0.931. The minimum absolute atomic E-state index is 0.164. The van der Waals surface area contributed by atoms with Crippen molar-refractivity contribution in [3.63, 3.8) is 0 Å². The number of rotatable bonds is 5. The van der Waals surface area contributed by atoms with E-state index < -0.39 is 22.9 Å². The Labute approximate surface area is 162 Å². The van der Waals surface area contributed by atoms with Crippen LogP contribution in [0, 0.1) is 34.3 Å². The molecule has 0 aliphatic heterocycles. The van der Waals surface area contributed by atoms with Gasteiger partial charge >= 0.3 is 5.56 Å². The molecule has 0 amide bonds. The van der Waals surface area contributed by atoms with E-state index in [9.17, 15) is 13.6 Å². The van der Waals surface area contributed by atoms with Gasteiger partial charge in [-0.2, -0.15) is 15.5 Å². The molecule has 0 atom stereocenters. The molecule has 0 fully saturated rings. The molecule has 0 bridgehead atoms. The monoisotopic (exact) mass is 391 g/mol. The van der Waals surface area contributed by atoms with Crippen LogP contribution >= 0.6 is 0 Å². The van der Waals surface area contributed by atoms with Crippen LogP contribution in [0.5, 0.6) is 0 Å². The van der Waals surface area contributed by atoms with Gasteiger partial charge in [0.15, 0.2) is 0 Å². The van der Waals surface area contributed by atoms with Crippen molar-refractivity contribution < 1.29 is 8.78 Å². The highest BCUT2D eigenvalue weighted by Gasteiger charge is 2.13. The molecule has 1 heterocycles. The number of nitriles is 2. The molecule has 0 aliphatic rings. The van der Waals surface area contributed by atoms with Gasteiger partial charge in [-0.1, -0.05) is 0 Å². The van der Waals surface area contributed by atoms with E-state index in [-0.39, 0.29) is 17.3 Å². The number of benzene rings is 2. The van der Waals surface area contributed by atoms with Gasteiger partial charge in [-0.05, 0) is 48.0 Å². The van der Waals surface area contributed by atoms with Crippen LogP contribution in [0.4, 0.5) is 31.9 Å². The fraction of sp³-hybridized carbons (Fsp3) is 0. The van der Waals surface area contributed by atoms with Crippen LogP contribution in [0.3, 0.4) is 0 Å². The van der Waals surface area contributed by atoms with Gasteiger partial charge in [0.05, 0.1) is 17.7 Å². The smallest absolute Gasteiger partial charge is 0.307 e. The summed E-state index contributed by atoms with van der Waals surface area (Å²) in [6, 6.07) is 12.0. The number of allylic oxidation sites excluding steroid dienone is 1. The van der Waals surface area contributed by atoms with Crippen LogP contribution in [-0.4, -0.2) is 15.2 Å². The lowest BCUT2D eigenvalue weighted by Gasteiger charge is -2.10. The number of aromatic nitrogens is 3. The van der Waals surface area contributed by atoms with Gasteiger partial charge in [-0.15, -0.1) is 5.10 Å². The Morgan fingerprint density at radius 1 is 1.07 bits per heavy atom. The SMILES string of the molecule is N#C/C=C/c1cc(F)c(Nc2n[nH]c(=O)c(Nc3ccc(C#N)cc3)n2)c(F)c1. The van der Waals surface area contributed by atoms with E-state index in [0.29, 0.717) is 11.3 Å². The van der Waals surface area contributed by atoms with Crippen LogP contribution in [-0.2, 0) is 0 Å². The highest BCUT2D eigenvalue weighted by atomic mass is 19.1. The molecule has 0 aliphatic carbocycles. The molecule has 29 heavy (non-hydrogen) atoms. The number of H-pyrrole nitrogens is 1. The quantitative estimate of drug-likeness (QED) is 0.569. The molecular weight excluding hydrogens is 380 g/mol. The van der Waals surface area contributed by atoms with Crippen molar-refractivity contribution in [2.24, 2.45) is 0 Å². The van der Waals surface area contributed by atoms with Gasteiger partial charge in [0.1, 0.15) is 17.3 Å². The second kappa shape index (κ2) is 8.41. The molecule has 8 nitrogen and oxygen atoms in total. The van der Waals surface area contributed by atoms with Gasteiger partial charge in [-0.3, -0.25) is 4.79 Å². The Kier molecular flexibility index (Phi) is 5.57. The summed E-state index contributed by atoms with van der Waals surface area (Å²) in [5.74, 6) is -2.28. The molecule has 142 valence electrons. The summed E-state index contributed by atoms with van der Waals surface area (Å²) in [5.41, 5.74) is -0.0929. The van der Waals surface area contributed by atoms with E-state index in [1.54, 1.807) is 30.3 Å². The van der Waals surface area contributed by atoms with Gasteiger partial charge in [0.2, 0.25) is 11.8 Å². The number of hydrogen-bond acceptors (Lipinski definition) is 7. The second-order valence-corrected chi connectivity index (χ2v) is 5.60. The lowest BCUT2D eigenvalue weighted by Crippen LogP contribution is -2.17. The topological polar surface area (TPSA) is 130 Å². The Morgan fingerprint density at radius 3 is 2.38 bits per heavy atom. The molecule has 10 heteroatoms. The molecule has 0 spiro atoms. The number of anilines is 4. The van der Waals surface area contributed by atoms with E-state index in [4.69, 9.17) is 10.5 Å². The van der Waals surface area contributed by atoms with Crippen molar-refractivity contribution in [3.8, 4) is 12.1 Å². The van der Waals surface area contributed by atoms with Gasteiger partial charge in [0, 0.05) is 11.8 Å². The maximum atomic E-state index is 14.2. The third kappa shape index (κ3) is 4.59. The van der Waals surface area contributed by atoms with E-state index >= 15 is 0 Å². The van der Waals surface area contributed by atoms with E-state index in [0.717, 1.165) is 18.2 Å². The molecule has 0 saturated carbocycles. The van der Waals surface area contributed by atoms with E-state index in [2.05, 4.69) is 25.8 Å². The summed E-state index contributed by atoms with van der Waals surface area (Å²) in [6.45, 7) is 0. The lowest BCUT2D eigenvalue weighted by molar-refractivity contribution is 0.589. The van der Waals surface area contributed by atoms with E-state index in [1.165, 1.54) is 6.08 Å². The van der Waals surface area contributed by atoms with Crippen LogP contribution in [0.1, 0.15) is 11.1 Å². The first-order valence-corrected chi connectivity index (χ1v) is 8.06. The zero-order valence-electron chi connectivity index (χ0n) is 14.6. The Hall–Kier alpha value is -4.57. The first kappa shape index (κ1) is 19.2. The number of nitrogens with zero attached hydrogens (tertiary/aromatic N) is 4. The molecule has 2 aromatic carbocycles. The zero-order chi connectivity index (χ0) is 20.8. The highest BCUT2D eigenvalue weighted by Crippen LogP contribution is 2.24. The highest BCUT2D eigenvalue weighted by molar-refractivity contribution is 5.62. The standard InChI is InChI=1S/C19H11F2N7O/c20-14-8-12(2-1-7-22)9-15(21)16(14)25-19-26-17(18(29)27-28-19)24-13-5-3-11(10-23)4-6-13/h1-6,8-9H,(H,27,29)(H2,24,25,26,28)/b2-1+. The van der Waals surface area contributed by atoms with Crippen molar-refractivity contribution in [3.05, 3.63) is 75.6 Å². The van der Waals surface area contributed by atoms with Crippen LogP contribution in [0.25, 0.3) is 6.08 Å². The first-order valence-electron chi connectivity index (χ1n) is 8.06. The molecule has 3 N–H and O–H groups in total. The molecule has 3 aromatic rings. The maximum Gasteiger partial charge on any atom is 0.307 e. The number of aromatic amines is 1. The van der Waals surface area contributed by atoms with Gasteiger partial charge < -0.3 is 10.6 Å². The van der Waals surface area contributed by atoms with Crippen molar-refractivity contribution in [2.75, 3.05) is 10.6 Å². The predicted molar refractivity (Wildman–Crippen MR) is 101 cm³/mol. The molecule has 3 rings (SSSR count). The third-order valence-electron chi connectivity index (χ3n) is 3.62. The Balaban J connectivity index is 1.86. The number of hydrogen-bond donors (Lipinski definition) is 3. The third-order valence-corrected chi connectivity index (χ3v) is 3.62. The van der Waals surface area contributed by atoms with Crippen molar-refractivity contribution in [1.29, 1.82) is 10.5 Å². The largest absolute Gasteiger partial charge is 0.335 e. The molecule has 0 saturated heterocycles. The normalized spacial score (nSPS) is 10.3. The average molecular weight is 391 g/mol.